The largest absolute Gasteiger partial charge is 0.480 e. The molecule has 140 valence electrons. The third-order valence-electron chi connectivity index (χ3n) is 4.12. The molecule has 0 fully saturated rings. The number of fused-ring (bicyclic) bond motifs is 1. The van der Waals surface area contributed by atoms with Crippen LogP contribution >= 0.6 is 0 Å². The first-order chi connectivity index (χ1) is 12.3. The van der Waals surface area contributed by atoms with Gasteiger partial charge in [-0.3, -0.25) is 9.59 Å². The van der Waals surface area contributed by atoms with E-state index < -0.39 is 17.9 Å². The van der Waals surface area contributed by atoms with Crippen molar-refractivity contribution in [2.24, 2.45) is 5.92 Å². The molecule has 26 heavy (non-hydrogen) atoms. The van der Waals surface area contributed by atoms with Crippen molar-refractivity contribution in [3.8, 4) is 0 Å². The maximum atomic E-state index is 12.5. The first kappa shape index (κ1) is 19.5. The molecule has 2 rings (SSSR count). The van der Waals surface area contributed by atoms with Gasteiger partial charge < -0.3 is 20.3 Å². The lowest BCUT2D eigenvalue weighted by atomic mass is 10.0. The lowest BCUT2D eigenvalue weighted by Gasteiger charge is -2.16. The molecule has 2 amide bonds. The number of para-hydroxylation sites is 1. The standard InChI is InChI=1S/C19H25N3O4/c1-4-22-11-14(13-7-5-6-8-16(13)22)18(24)20-10-17(23)21-15(19(25)26)9-12(2)3/h5-8,11-12,15H,4,9-10H2,1-3H3,(H,20,24)(H,21,23)(H,25,26)/t15-/m0/s1. The van der Waals surface area contributed by atoms with Gasteiger partial charge in [-0.15, -0.1) is 0 Å². The second kappa shape index (κ2) is 8.51. The molecule has 7 heteroatoms. The van der Waals surface area contributed by atoms with Crippen LogP contribution in [0.25, 0.3) is 10.9 Å². The number of nitrogens with zero attached hydrogens (tertiary/aromatic N) is 1. The van der Waals surface area contributed by atoms with E-state index in [4.69, 9.17) is 5.11 Å². The van der Waals surface area contributed by atoms with Gasteiger partial charge in [-0.25, -0.2) is 4.79 Å². The minimum absolute atomic E-state index is 0.131. The van der Waals surface area contributed by atoms with Gasteiger partial charge in [0.1, 0.15) is 6.04 Å². The summed E-state index contributed by atoms with van der Waals surface area (Å²) in [4.78, 5) is 35.7. The third kappa shape index (κ3) is 4.62. The van der Waals surface area contributed by atoms with Crippen LogP contribution in [0.1, 0.15) is 37.6 Å². The van der Waals surface area contributed by atoms with Gasteiger partial charge in [-0.1, -0.05) is 32.0 Å². The number of rotatable bonds is 8. The SMILES string of the molecule is CCn1cc(C(=O)NCC(=O)N[C@@H](CC(C)C)C(=O)O)c2ccccc21. The highest BCUT2D eigenvalue weighted by Gasteiger charge is 2.21. The normalized spacial score (nSPS) is 12.2. The number of benzene rings is 1. The molecule has 0 bridgehead atoms. The minimum Gasteiger partial charge on any atom is -0.480 e. The summed E-state index contributed by atoms with van der Waals surface area (Å²) < 4.78 is 1.97. The summed E-state index contributed by atoms with van der Waals surface area (Å²) in [5.74, 6) is -1.83. The van der Waals surface area contributed by atoms with Crippen molar-refractivity contribution in [2.45, 2.75) is 39.8 Å². The van der Waals surface area contributed by atoms with Crippen molar-refractivity contribution in [3.05, 3.63) is 36.0 Å². The molecule has 1 aromatic heterocycles. The fraction of sp³-hybridized carbons (Fsp3) is 0.421. The summed E-state index contributed by atoms with van der Waals surface area (Å²) in [6, 6.07) is 6.60. The van der Waals surface area contributed by atoms with E-state index in [0.717, 1.165) is 17.4 Å². The van der Waals surface area contributed by atoms with E-state index in [-0.39, 0.29) is 18.4 Å². The number of nitrogens with one attached hydrogen (secondary N) is 2. The average Bonchev–Trinajstić information content (AvgIpc) is 2.97. The van der Waals surface area contributed by atoms with E-state index in [1.807, 2.05) is 49.6 Å². The van der Waals surface area contributed by atoms with Gasteiger partial charge >= 0.3 is 5.97 Å². The molecule has 7 nitrogen and oxygen atoms in total. The minimum atomic E-state index is -1.08. The van der Waals surface area contributed by atoms with E-state index in [2.05, 4.69) is 10.6 Å². The Morgan fingerprint density at radius 3 is 2.50 bits per heavy atom. The van der Waals surface area contributed by atoms with E-state index >= 15 is 0 Å². The number of amides is 2. The van der Waals surface area contributed by atoms with E-state index in [0.29, 0.717) is 12.0 Å². The summed E-state index contributed by atoms with van der Waals surface area (Å²) in [6.07, 6.45) is 2.09. The molecule has 0 unspecified atom stereocenters. The molecule has 0 radical (unpaired) electrons. The average molecular weight is 359 g/mol. The number of hydrogen-bond acceptors (Lipinski definition) is 3. The topological polar surface area (TPSA) is 100 Å². The highest BCUT2D eigenvalue weighted by atomic mass is 16.4. The molecule has 1 atom stereocenters. The Bertz CT molecular complexity index is 810. The Morgan fingerprint density at radius 1 is 1.19 bits per heavy atom. The zero-order valence-corrected chi connectivity index (χ0v) is 15.3. The predicted octanol–water partition coefficient (Wildman–Crippen LogP) is 2.01. The Labute approximate surface area is 152 Å². The second-order valence-corrected chi connectivity index (χ2v) is 6.62. The van der Waals surface area contributed by atoms with E-state index in [1.54, 1.807) is 6.20 Å². The van der Waals surface area contributed by atoms with Gasteiger partial charge in [0.25, 0.3) is 5.91 Å². The lowest BCUT2D eigenvalue weighted by Crippen LogP contribution is -2.46. The molecule has 0 aliphatic heterocycles. The highest BCUT2D eigenvalue weighted by Crippen LogP contribution is 2.21. The van der Waals surface area contributed by atoms with Crippen LogP contribution < -0.4 is 10.6 Å². The number of carboxylic acids is 1. The quantitative estimate of drug-likeness (QED) is 0.671. The van der Waals surface area contributed by atoms with Crippen molar-refractivity contribution < 1.29 is 19.5 Å². The Hall–Kier alpha value is -2.83. The van der Waals surface area contributed by atoms with Crippen LogP contribution in [0, 0.1) is 5.92 Å². The summed E-state index contributed by atoms with van der Waals surface area (Å²) in [7, 11) is 0. The fourth-order valence-electron chi connectivity index (χ4n) is 2.88. The molecule has 0 saturated heterocycles. The number of carboxylic acid groups (broad SMARTS) is 1. The molecule has 3 N–H and O–H groups in total. The zero-order valence-electron chi connectivity index (χ0n) is 15.3. The third-order valence-corrected chi connectivity index (χ3v) is 4.12. The first-order valence-electron chi connectivity index (χ1n) is 8.71. The molecule has 1 aromatic carbocycles. The van der Waals surface area contributed by atoms with Crippen molar-refractivity contribution in [1.29, 1.82) is 0 Å². The molecule has 0 spiro atoms. The van der Waals surface area contributed by atoms with Gasteiger partial charge in [0.2, 0.25) is 5.91 Å². The van der Waals surface area contributed by atoms with Crippen LogP contribution in [-0.4, -0.2) is 40.0 Å². The molecular formula is C19H25N3O4. The predicted molar refractivity (Wildman–Crippen MR) is 99.0 cm³/mol. The van der Waals surface area contributed by atoms with E-state index in [1.165, 1.54) is 0 Å². The monoisotopic (exact) mass is 359 g/mol. The summed E-state index contributed by atoms with van der Waals surface area (Å²) in [5.41, 5.74) is 1.44. The van der Waals surface area contributed by atoms with Gasteiger partial charge in [-0.2, -0.15) is 0 Å². The van der Waals surface area contributed by atoms with Crippen molar-refractivity contribution >= 4 is 28.7 Å². The van der Waals surface area contributed by atoms with Crippen LogP contribution in [0.4, 0.5) is 0 Å². The number of aryl methyl sites for hydroxylation is 1. The molecular weight excluding hydrogens is 334 g/mol. The van der Waals surface area contributed by atoms with Crippen LogP contribution in [-0.2, 0) is 16.1 Å². The summed E-state index contributed by atoms with van der Waals surface area (Å²) in [5, 5.41) is 15.0. The number of aromatic nitrogens is 1. The van der Waals surface area contributed by atoms with Crippen LogP contribution in [0.15, 0.2) is 30.5 Å². The lowest BCUT2D eigenvalue weighted by molar-refractivity contribution is -0.142. The maximum absolute atomic E-state index is 12.5. The number of aliphatic carboxylic acids is 1. The Balaban J connectivity index is 2.02. The molecule has 0 aliphatic carbocycles. The Kier molecular flexibility index (Phi) is 6.38. The van der Waals surface area contributed by atoms with Gasteiger partial charge in [0.05, 0.1) is 12.1 Å². The van der Waals surface area contributed by atoms with E-state index in [9.17, 15) is 14.4 Å². The second-order valence-electron chi connectivity index (χ2n) is 6.62. The first-order valence-corrected chi connectivity index (χ1v) is 8.71. The fourth-order valence-corrected chi connectivity index (χ4v) is 2.88. The van der Waals surface area contributed by atoms with Crippen molar-refractivity contribution in [2.75, 3.05) is 6.54 Å². The van der Waals surface area contributed by atoms with Gasteiger partial charge in [-0.05, 0) is 25.3 Å². The zero-order chi connectivity index (χ0) is 19.3. The molecule has 0 saturated carbocycles. The molecule has 2 aromatic rings. The van der Waals surface area contributed by atoms with Gasteiger partial charge in [0.15, 0.2) is 0 Å². The summed E-state index contributed by atoms with van der Waals surface area (Å²) >= 11 is 0. The molecule has 0 aliphatic rings. The van der Waals surface area contributed by atoms with Crippen LogP contribution in [0.5, 0.6) is 0 Å². The summed E-state index contributed by atoms with van der Waals surface area (Å²) in [6.45, 7) is 6.21. The number of carbonyl (C=O) groups excluding carboxylic acids is 2. The molecule has 1 heterocycles. The van der Waals surface area contributed by atoms with Crippen molar-refractivity contribution in [1.82, 2.24) is 15.2 Å². The number of hydrogen-bond donors (Lipinski definition) is 3. The number of carbonyl (C=O) groups is 3. The van der Waals surface area contributed by atoms with Gasteiger partial charge in [0, 0.05) is 23.6 Å². The smallest absolute Gasteiger partial charge is 0.326 e. The Morgan fingerprint density at radius 2 is 1.88 bits per heavy atom. The maximum Gasteiger partial charge on any atom is 0.326 e. The van der Waals surface area contributed by atoms with Crippen LogP contribution in [0.3, 0.4) is 0 Å². The van der Waals surface area contributed by atoms with Crippen LogP contribution in [0.2, 0.25) is 0 Å². The van der Waals surface area contributed by atoms with Crippen molar-refractivity contribution in [3.63, 3.8) is 0 Å². The highest BCUT2D eigenvalue weighted by molar-refractivity contribution is 6.07.